The average molecular weight is 286 g/mol. The van der Waals surface area contributed by atoms with Gasteiger partial charge in [0.25, 0.3) is 0 Å². The molecule has 0 N–H and O–H groups in total. The second-order valence-corrected chi connectivity index (χ2v) is 6.37. The summed E-state index contributed by atoms with van der Waals surface area (Å²) in [6.07, 6.45) is 8.61. The minimum atomic E-state index is 0.287. The van der Waals surface area contributed by atoms with Crippen molar-refractivity contribution < 1.29 is 4.79 Å². The molecule has 3 nitrogen and oxygen atoms in total. The molecule has 0 radical (unpaired) electrons. The third-order valence-electron chi connectivity index (χ3n) is 4.80. The molecule has 0 spiro atoms. The molecule has 2 aliphatic rings. The van der Waals surface area contributed by atoms with Crippen LogP contribution in [0.25, 0.3) is 0 Å². The first kappa shape index (κ1) is 14.6. The first-order valence-corrected chi connectivity index (χ1v) is 8.44. The number of hydrogen-bond donors (Lipinski definition) is 0. The van der Waals surface area contributed by atoms with Gasteiger partial charge in [-0.1, -0.05) is 37.5 Å². The molecule has 114 valence electrons. The Bertz CT molecular complexity index is 448. The van der Waals surface area contributed by atoms with Crippen LogP contribution >= 0.6 is 0 Å². The Morgan fingerprint density at radius 2 is 1.67 bits per heavy atom. The van der Waals surface area contributed by atoms with Gasteiger partial charge in [0.1, 0.15) is 0 Å². The van der Waals surface area contributed by atoms with Crippen LogP contribution in [0.1, 0.15) is 44.9 Å². The van der Waals surface area contributed by atoms with Crippen molar-refractivity contribution in [1.82, 2.24) is 4.90 Å². The number of rotatable bonds is 4. The van der Waals surface area contributed by atoms with Gasteiger partial charge in [0.15, 0.2) is 0 Å². The number of para-hydroxylation sites is 1. The highest BCUT2D eigenvalue weighted by molar-refractivity contribution is 5.95. The molecule has 21 heavy (non-hydrogen) atoms. The van der Waals surface area contributed by atoms with Gasteiger partial charge in [0.2, 0.25) is 5.91 Å². The maximum Gasteiger partial charge on any atom is 0.241 e. The number of carbonyl (C=O) groups is 1. The maximum atomic E-state index is 12.9. The molecule has 1 saturated carbocycles. The fourth-order valence-corrected chi connectivity index (χ4v) is 3.69. The van der Waals surface area contributed by atoms with Gasteiger partial charge >= 0.3 is 0 Å². The Labute approximate surface area is 127 Å². The van der Waals surface area contributed by atoms with Crippen LogP contribution in [0.4, 0.5) is 5.69 Å². The monoisotopic (exact) mass is 286 g/mol. The third-order valence-corrected chi connectivity index (χ3v) is 4.80. The lowest BCUT2D eigenvalue weighted by molar-refractivity contribution is -0.120. The van der Waals surface area contributed by atoms with Crippen molar-refractivity contribution >= 4 is 11.6 Å². The molecule has 1 aromatic carbocycles. The van der Waals surface area contributed by atoms with Gasteiger partial charge in [-0.15, -0.1) is 0 Å². The summed E-state index contributed by atoms with van der Waals surface area (Å²) in [5.74, 6) is 0.287. The van der Waals surface area contributed by atoms with Gasteiger partial charge < -0.3 is 4.90 Å². The minimum Gasteiger partial charge on any atom is -0.308 e. The normalized spacial score (nSPS) is 20.6. The van der Waals surface area contributed by atoms with E-state index < -0.39 is 0 Å². The zero-order valence-electron chi connectivity index (χ0n) is 12.8. The highest BCUT2D eigenvalue weighted by atomic mass is 16.2. The molecule has 0 atom stereocenters. The topological polar surface area (TPSA) is 23.6 Å². The number of likely N-dealkylation sites (tertiary alicyclic amines) is 1. The van der Waals surface area contributed by atoms with Crippen LogP contribution in [0.5, 0.6) is 0 Å². The fraction of sp³-hybridized carbons (Fsp3) is 0.611. The Morgan fingerprint density at radius 1 is 1.00 bits per heavy atom. The van der Waals surface area contributed by atoms with Crippen molar-refractivity contribution in [2.75, 3.05) is 24.5 Å². The van der Waals surface area contributed by atoms with E-state index in [1.165, 1.54) is 32.1 Å². The van der Waals surface area contributed by atoms with Gasteiger partial charge in [0.05, 0.1) is 6.54 Å². The van der Waals surface area contributed by atoms with Crippen molar-refractivity contribution in [3.8, 4) is 0 Å². The fourth-order valence-electron chi connectivity index (χ4n) is 3.69. The van der Waals surface area contributed by atoms with Gasteiger partial charge in [-0.25, -0.2) is 0 Å². The van der Waals surface area contributed by atoms with Crippen molar-refractivity contribution in [2.45, 2.75) is 51.0 Å². The van der Waals surface area contributed by atoms with Crippen LogP contribution in [0.2, 0.25) is 0 Å². The number of benzene rings is 1. The quantitative estimate of drug-likeness (QED) is 0.846. The standard InChI is InChI=1S/C18H26N2O/c21-18(15-19-13-7-8-14-19)20(16-9-3-1-4-10-16)17-11-5-2-6-12-17/h1,3-4,9-10,17H,2,5-8,11-15H2. The number of amides is 1. The van der Waals surface area contributed by atoms with Gasteiger partial charge in [-0.3, -0.25) is 9.69 Å². The molecule has 1 heterocycles. The smallest absolute Gasteiger partial charge is 0.241 e. The third kappa shape index (κ3) is 3.65. The molecule has 1 aliphatic heterocycles. The number of nitrogens with zero attached hydrogens (tertiary/aromatic N) is 2. The molecule has 0 unspecified atom stereocenters. The molecule has 2 fully saturated rings. The number of carbonyl (C=O) groups excluding carboxylic acids is 1. The Hall–Kier alpha value is -1.35. The SMILES string of the molecule is O=C(CN1CCCC1)N(c1ccccc1)C1CCCCC1. The first-order chi connectivity index (χ1) is 10.3. The van der Waals surface area contributed by atoms with Gasteiger partial charge in [-0.2, -0.15) is 0 Å². The summed E-state index contributed by atoms with van der Waals surface area (Å²) in [6.45, 7) is 2.75. The van der Waals surface area contributed by atoms with Crippen LogP contribution in [0.15, 0.2) is 30.3 Å². The van der Waals surface area contributed by atoms with E-state index in [0.717, 1.165) is 31.6 Å². The average Bonchev–Trinajstić information content (AvgIpc) is 3.02. The van der Waals surface area contributed by atoms with Crippen molar-refractivity contribution in [3.63, 3.8) is 0 Å². The number of hydrogen-bond acceptors (Lipinski definition) is 2. The second kappa shape index (κ2) is 7.08. The highest BCUT2D eigenvalue weighted by Gasteiger charge is 2.28. The molecule has 1 aliphatic carbocycles. The Balaban J connectivity index is 1.75. The molecule has 0 bridgehead atoms. The number of anilines is 1. The van der Waals surface area contributed by atoms with E-state index in [4.69, 9.17) is 0 Å². The largest absolute Gasteiger partial charge is 0.308 e. The van der Waals surface area contributed by atoms with Crippen LogP contribution in [-0.2, 0) is 4.79 Å². The first-order valence-electron chi connectivity index (χ1n) is 8.44. The Kier molecular flexibility index (Phi) is 4.91. The van der Waals surface area contributed by atoms with E-state index in [2.05, 4.69) is 21.9 Å². The lowest BCUT2D eigenvalue weighted by Crippen LogP contribution is -2.46. The minimum absolute atomic E-state index is 0.287. The predicted molar refractivity (Wildman–Crippen MR) is 86.5 cm³/mol. The van der Waals surface area contributed by atoms with E-state index in [1.54, 1.807) is 0 Å². The lowest BCUT2D eigenvalue weighted by atomic mass is 9.93. The zero-order chi connectivity index (χ0) is 14.5. The van der Waals surface area contributed by atoms with E-state index in [1.807, 2.05) is 18.2 Å². The van der Waals surface area contributed by atoms with Crippen molar-refractivity contribution in [3.05, 3.63) is 30.3 Å². The second-order valence-electron chi connectivity index (χ2n) is 6.37. The van der Waals surface area contributed by atoms with Crippen LogP contribution in [-0.4, -0.2) is 36.5 Å². The van der Waals surface area contributed by atoms with Gasteiger partial charge in [-0.05, 0) is 50.9 Å². The van der Waals surface area contributed by atoms with E-state index >= 15 is 0 Å². The van der Waals surface area contributed by atoms with E-state index in [9.17, 15) is 4.79 Å². The van der Waals surface area contributed by atoms with Crippen molar-refractivity contribution in [2.24, 2.45) is 0 Å². The molecule has 3 heteroatoms. The highest BCUT2D eigenvalue weighted by Crippen LogP contribution is 2.27. The summed E-state index contributed by atoms with van der Waals surface area (Å²) in [4.78, 5) is 17.3. The van der Waals surface area contributed by atoms with Crippen LogP contribution in [0.3, 0.4) is 0 Å². The van der Waals surface area contributed by atoms with Crippen LogP contribution in [0, 0.1) is 0 Å². The molecule has 0 aromatic heterocycles. The summed E-state index contributed by atoms with van der Waals surface area (Å²) in [7, 11) is 0. The van der Waals surface area contributed by atoms with E-state index in [-0.39, 0.29) is 5.91 Å². The Morgan fingerprint density at radius 3 is 2.33 bits per heavy atom. The maximum absolute atomic E-state index is 12.9. The summed E-state index contributed by atoms with van der Waals surface area (Å²) < 4.78 is 0. The molecule has 1 saturated heterocycles. The lowest BCUT2D eigenvalue weighted by Gasteiger charge is -2.35. The van der Waals surface area contributed by atoms with Crippen molar-refractivity contribution in [1.29, 1.82) is 0 Å². The molecule has 1 amide bonds. The molecule has 3 rings (SSSR count). The predicted octanol–water partition coefficient (Wildman–Crippen LogP) is 3.45. The van der Waals surface area contributed by atoms with Crippen LogP contribution < -0.4 is 4.90 Å². The molecular weight excluding hydrogens is 260 g/mol. The van der Waals surface area contributed by atoms with E-state index in [0.29, 0.717) is 12.6 Å². The van der Waals surface area contributed by atoms with Gasteiger partial charge in [0, 0.05) is 11.7 Å². The molecule has 1 aromatic rings. The summed E-state index contributed by atoms with van der Waals surface area (Å²) in [5, 5.41) is 0. The summed E-state index contributed by atoms with van der Waals surface area (Å²) in [6, 6.07) is 10.7. The molecular formula is C18H26N2O. The summed E-state index contributed by atoms with van der Waals surface area (Å²) >= 11 is 0. The zero-order valence-corrected chi connectivity index (χ0v) is 12.8. The summed E-state index contributed by atoms with van der Waals surface area (Å²) in [5.41, 5.74) is 1.08.